The van der Waals surface area contributed by atoms with Gasteiger partial charge in [0.05, 0.1) is 0 Å². The van der Waals surface area contributed by atoms with Gasteiger partial charge in [0.2, 0.25) is 0 Å². The Kier molecular flexibility index (Phi) is 5.10. The summed E-state index contributed by atoms with van der Waals surface area (Å²) in [6.45, 7) is 2.96. The first-order chi connectivity index (χ1) is 8.24. The molecule has 0 aliphatic heterocycles. The molecule has 0 atom stereocenters. The van der Waals surface area contributed by atoms with Gasteiger partial charge in [0.1, 0.15) is 0 Å². The van der Waals surface area contributed by atoms with Gasteiger partial charge in [-0.2, -0.15) is 0 Å². The molecule has 1 aromatic heterocycles. The third-order valence-corrected chi connectivity index (χ3v) is 1.77. The molecule has 0 aliphatic rings. The molecule has 4 heteroatoms. The summed E-state index contributed by atoms with van der Waals surface area (Å²) >= 11 is 0. The monoisotopic (exact) mass is 228 g/mol. The van der Waals surface area contributed by atoms with Gasteiger partial charge in [-0.05, 0) is 6.07 Å². The summed E-state index contributed by atoms with van der Waals surface area (Å²) in [5, 5.41) is 7.60. The molecule has 0 saturated heterocycles. The number of hydrogen-bond acceptors (Lipinski definition) is 3. The molecule has 2 aromatic rings. The highest BCUT2D eigenvalue weighted by Crippen LogP contribution is 2.11. The van der Waals surface area contributed by atoms with E-state index in [1.54, 1.807) is 12.4 Å². The van der Waals surface area contributed by atoms with Crippen molar-refractivity contribution in [1.82, 2.24) is 9.97 Å². The molecule has 1 aromatic carbocycles. The Balaban J connectivity index is 0.000000249. The average Bonchev–Trinajstić information content (AvgIpc) is 2.41. The van der Waals surface area contributed by atoms with E-state index in [1.807, 2.05) is 36.4 Å². The van der Waals surface area contributed by atoms with Gasteiger partial charge in [0.15, 0.2) is 5.82 Å². The summed E-state index contributed by atoms with van der Waals surface area (Å²) in [7, 11) is 0. The zero-order valence-corrected chi connectivity index (χ0v) is 9.15. The quantitative estimate of drug-likeness (QED) is 0.802. The molecule has 0 aliphatic carbocycles. The molecule has 1 N–H and O–H groups in total. The summed E-state index contributed by atoms with van der Waals surface area (Å²) in [4.78, 5) is 17.5. The van der Waals surface area contributed by atoms with Crippen LogP contribution in [0.3, 0.4) is 0 Å². The van der Waals surface area contributed by atoms with Crippen LogP contribution >= 0.6 is 0 Å². The minimum Gasteiger partial charge on any atom is -0.478 e. The number of rotatable bonds is 2. The van der Waals surface area contributed by atoms with Crippen molar-refractivity contribution in [1.29, 1.82) is 0 Å². The second-order valence-electron chi connectivity index (χ2n) is 2.98. The highest BCUT2D eigenvalue weighted by Gasteiger charge is 1.95. The third kappa shape index (κ3) is 4.70. The van der Waals surface area contributed by atoms with Crippen molar-refractivity contribution in [2.45, 2.75) is 0 Å². The van der Waals surface area contributed by atoms with Gasteiger partial charge in [0.25, 0.3) is 0 Å². The van der Waals surface area contributed by atoms with E-state index in [0.29, 0.717) is 0 Å². The molecule has 4 nitrogen and oxygen atoms in total. The number of aliphatic carboxylic acids is 1. The molecule has 0 unspecified atom stereocenters. The standard InChI is InChI=1S/C10H8N2.C3H4O2/c1-2-5-9(6-3-1)10-11-7-4-8-12-10;1-2-3(4)5/h1-8H;2H,1H2,(H,4,5). The Hall–Kier alpha value is -2.49. The van der Waals surface area contributed by atoms with Crippen molar-refractivity contribution in [3.63, 3.8) is 0 Å². The van der Waals surface area contributed by atoms with Crippen LogP contribution in [0, 0.1) is 0 Å². The van der Waals surface area contributed by atoms with E-state index in [9.17, 15) is 4.79 Å². The zero-order valence-electron chi connectivity index (χ0n) is 9.15. The minimum atomic E-state index is -0.981. The second-order valence-corrected chi connectivity index (χ2v) is 2.98. The summed E-state index contributed by atoms with van der Waals surface area (Å²) < 4.78 is 0. The third-order valence-electron chi connectivity index (χ3n) is 1.77. The van der Waals surface area contributed by atoms with Gasteiger partial charge < -0.3 is 5.11 Å². The van der Waals surface area contributed by atoms with E-state index in [1.165, 1.54) is 0 Å². The summed E-state index contributed by atoms with van der Waals surface area (Å²) in [5.41, 5.74) is 1.05. The van der Waals surface area contributed by atoms with E-state index >= 15 is 0 Å². The molecule has 0 spiro atoms. The maximum Gasteiger partial charge on any atom is 0.327 e. The molecule has 0 radical (unpaired) electrons. The number of nitrogens with zero attached hydrogens (tertiary/aromatic N) is 2. The van der Waals surface area contributed by atoms with E-state index in [2.05, 4.69) is 16.5 Å². The topological polar surface area (TPSA) is 63.1 Å². The molecule has 0 fully saturated rings. The normalized spacial score (nSPS) is 8.71. The number of benzene rings is 1. The number of carbonyl (C=O) groups is 1. The highest BCUT2D eigenvalue weighted by atomic mass is 16.4. The average molecular weight is 228 g/mol. The van der Waals surface area contributed by atoms with E-state index in [0.717, 1.165) is 17.5 Å². The molecule has 0 bridgehead atoms. The first-order valence-electron chi connectivity index (χ1n) is 4.92. The van der Waals surface area contributed by atoms with E-state index < -0.39 is 5.97 Å². The minimum absolute atomic E-state index is 0.776. The van der Waals surface area contributed by atoms with Crippen LogP contribution < -0.4 is 0 Å². The van der Waals surface area contributed by atoms with Gasteiger partial charge in [-0.15, -0.1) is 0 Å². The van der Waals surface area contributed by atoms with Crippen LogP contribution in [0.2, 0.25) is 0 Å². The highest BCUT2D eigenvalue weighted by molar-refractivity contribution is 5.78. The van der Waals surface area contributed by atoms with Crippen LogP contribution in [0.4, 0.5) is 0 Å². The molecule has 0 amide bonds. The summed E-state index contributed by atoms with van der Waals surface area (Å²) in [6, 6.07) is 11.7. The van der Waals surface area contributed by atoms with E-state index in [4.69, 9.17) is 5.11 Å². The lowest BCUT2D eigenvalue weighted by Gasteiger charge is -1.96. The SMILES string of the molecule is C=CC(=O)O.c1ccc(-c2ncccn2)cc1. The molecule has 2 rings (SSSR count). The fraction of sp³-hybridized carbons (Fsp3) is 0. The van der Waals surface area contributed by atoms with E-state index in [-0.39, 0.29) is 0 Å². The fourth-order valence-corrected chi connectivity index (χ4v) is 1.04. The van der Waals surface area contributed by atoms with Crippen molar-refractivity contribution in [2.75, 3.05) is 0 Å². The number of carboxylic acid groups (broad SMARTS) is 1. The fourth-order valence-electron chi connectivity index (χ4n) is 1.04. The Bertz CT molecular complexity index is 432. The first-order valence-corrected chi connectivity index (χ1v) is 4.92. The predicted octanol–water partition coefficient (Wildman–Crippen LogP) is 2.40. The molecule has 0 saturated carbocycles. The second kappa shape index (κ2) is 6.90. The predicted molar refractivity (Wildman–Crippen MR) is 65.3 cm³/mol. The lowest BCUT2D eigenvalue weighted by Crippen LogP contribution is -1.84. The molecule has 86 valence electrons. The first kappa shape index (κ1) is 12.6. The Morgan fingerprint density at radius 2 is 1.65 bits per heavy atom. The Morgan fingerprint density at radius 3 is 2.12 bits per heavy atom. The maximum absolute atomic E-state index is 9.25. The van der Waals surface area contributed by atoms with Crippen LogP contribution in [0.25, 0.3) is 11.4 Å². The van der Waals surface area contributed by atoms with Crippen molar-refractivity contribution in [3.05, 3.63) is 61.4 Å². The van der Waals surface area contributed by atoms with Crippen LogP contribution in [-0.2, 0) is 4.79 Å². The zero-order chi connectivity index (χ0) is 12.5. The van der Waals surface area contributed by atoms with Gasteiger partial charge in [0, 0.05) is 24.0 Å². The van der Waals surface area contributed by atoms with Crippen molar-refractivity contribution in [2.24, 2.45) is 0 Å². The lowest BCUT2D eigenvalue weighted by atomic mass is 10.2. The largest absolute Gasteiger partial charge is 0.478 e. The van der Waals surface area contributed by atoms with Crippen LogP contribution in [0.15, 0.2) is 61.4 Å². The Morgan fingerprint density at radius 1 is 1.12 bits per heavy atom. The lowest BCUT2D eigenvalue weighted by molar-refractivity contribution is -0.131. The van der Waals surface area contributed by atoms with Gasteiger partial charge in [-0.1, -0.05) is 36.9 Å². The van der Waals surface area contributed by atoms with Gasteiger partial charge in [-0.3, -0.25) is 0 Å². The maximum atomic E-state index is 9.25. The number of hydrogen-bond donors (Lipinski definition) is 1. The molecular weight excluding hydrogens is 216 g/mol. The van der Waals surface area contributed by atoms with Crippen molar-refractivity contribution >= 4 is 5.97 Å². The summed E-state index contributed by atoms with van der Waals surface area (Å²) in [6.07, 6.45) is 4.32. The number of aromatic nitrogens is 2. The molecular formula is C13H12N2O2. The van der Waals surface area contributed by atoms with Gasteiger partial charge in [-0.25, -0.2) is 14.8 Å². The van der Waals surface area contributed by atoms with Gasteiger partial charge >= 0.3 is 5.97 Å². The van der Waals surface area contributed by atoms with Crippen molar-refractivity contribution < 1.29 is 9.90 Å². The smallest absolute Gasteiger partial charge is 0.327 e. The molecule has 17 heavy (non-hydrogen) atoms. The number of carboxylic acids is 1. The van der Waals surface area contributed by atoms with Crippen molar-refractivity contribution in [3.8, 4) is 11.4 Å². The van der Waals surface area contributed by atoms with Crippen LogP contribution in [0.5, 0.6) is 0 Å². The molecule has 1 heterocycles. The van der Waals surface area contributed by atoms with Crippen LogP contribution in [-0.4, -0.2) is 21.0 Å². The van der Waals surface area contributed by atoms with Crippen LogP contribution in [0.1, 0.15) is 0 Å². The summed E-state index contributed by atoms with van der Waals surface area (Å²) in [5.74, 6) is -0.205. The Labute approximate surface area is 99.3 Å².